The highest BCUT2D eigenvalue weighted by Crippen LogP contribution is 2.40. The number of methoxy groups -OCH3 is 2. The first-order valence-corrected chi connectivity index (χ1v) is 15.0. The lowest BCUT2D eigenvalue weighted by atomic mass is 9.84. The SMILES string of the molecule is COc1cc2cc(c1OC)-c1cncc(c1)C(=O)NC1(CC1)C(=O)N[C@H](CC(C)C)C(=O)NCCN(C(=O)C1CCC1)C2. The first kappa shape index (κ1) is 30.3. The predicted molar refractivity (Wildman–Crippen MR) is 159 cm³/mol. The number of ether oxygens (including phenoxy) is 2. The summed E-state index contributed by atoms with van der Waals surface area (Å²) in [5.74, 6) is -0.0215. The van der Waals surface area contributed by atoms with Crippen LogP contribution in [-0.4, -0.2) is 72.4 Å². The zero-order valence-electron chi connectivity index (χ0n) is 25.3. The number of nitrogens with one attached hydrogen (secondary N) is 3. The summed E-state index contributed by atoms with van der Waals surface area (Å²) in [5, 5.41) is 8.73. The normalized spacial score (nSPS) is 20.7. The molecule has 43 heavy (non-hydrogen) atoms. The zero-order chi connectivity index (χ0) is 30.7. The first-order valence-electron chi connectivity index (χ1n) is 15.0. The molecule has 2 heterocycles. The third-order valence-electron chi connectivity index (χ3n) is 8.54. The van der Waals surface area contributed by atoms with Gasteiger partial charge in [-0.2, -0.15) is 0 Å². The van der Waals surface area contributed by atoms with Gasteiger partial charge in [0.1, 0.15) is 11.6 Å². The van der Waals surface area contributed by atoms with E-state index in [1.807, 2.05) is 26.0 Å². The largest absolute Gasteiger partial charge is 0.493 e. The molecular weight excluding hydrogens is 550 g/mol. The van der Waals surface area contributed by atoms with Crippen LogP contribution in [0.3, 0.4) is 0 Å². The molecule has 1 aliphatic heterocycles. The summed E-state index contributed by atoms with van der Waals surface area (Å²) in [5.41, 5.74) is 1.29. The van der Waals surface area contributed by atoms with Crippen LogP contribution in [0.2, 0.25) is 0 Å². The van der Waals surface area contributed by atoms with Crippen molar-refractivity contribution in [2.45, 2.75) is 70.5 Å². The van der Waals surface area contributed by atoms with Crippen molar-refractivity contribution in [3.8, 4) is 22.6 Å². The molecule has 11 nitrogen and oxygen atoms in total. The smallest absolute Gasteiger partial charge is 0.253 e. The van der Waals surface area contributed by atoms with Crippen LogP contribution >= 0.6 is 0 Å². The Hall–Kier alpha value is -4.15. The van der Waals surface area contributed by atoms with Crippen LogP contribution in [0.1, 0.15) is 68.3 Å². The molecule has 5 rings (SSSR count). The molecule has 0 radical (unpaired) electrons. The fraction of sp³-hybridized carbons (Fsp3) is 0.531. The average molecular weight is 592 g/mol. The van der Waals surface area contributed by atoms with Gasteiger partial charge in [0.2, 0.25) is 17.7 Å². The van der Waals surface area contributed by atoms with Gasteiger partial charge in [-0.15, -0.1) is 0 Å². The van der Waals surface area contributed by atoms with Gasteiger partial charge in [-0.3, -0.25) is 24.2 Å². The number of nitrogens with zero attached hydrogens (tertiary/aromatic N) is 2. The highest BCUT2D eigenvalue weighted by Gasteiger charge is 2.52. The molecule has 4 bridgehead atoms. The van der Waals surface area contributed by atoms with E-state index in [1.165, 1.54) is 6.20 Å². The van der Waals surface area contributed by atoms with Crippen LogP contribution in [0.15, 0.2) is 30.6 Å². The van der Waals surface area contributed by atoms with Gasteiger partial charge in [-0.25, -0.2) is 0 Å². The molecule has 2 fully saturated rings. The van der Waals surface area contributed by atoms with Gasteiger partial charge in [0.25, 0.3) is 5.91 Å². The van der Waals surface area contributed by atoms with Crippen molar-refractivity contribution in [3.05, 3.63) is 41.7 Å². The number of carbonyl (C=O) groups is 4. The molecule has 2 aliphatic carbocycles. The van der Waals surface area contributed by atoms with Crippen molar-refractivity contribution in [3.63, 3.8) is 0 Å². The Kier molecular flexibility index (Phi) is 8.89. The fourth-order valence-electron chi connectivity index (χ4n) is 5.70. The van der Waals surface area contributed by atoms with Gasteiger partial charge in [-0.1, -0.05) is 20.3 Å². The van der Waals surface area contributed by atoms with Crippen molar-refractivity contribution in [1.29, 1.82) is 0 Å². The molecule has 2 saturated carbocycles. The van der Waals surface area contributed by atoms with E-state index in [2.05, 4.69) is 20.9 Å². The Morgan fingerprint density at radius 1 is 1.07 bits per heavy atom. The molecule has 3 N–H and O–H groups in total. The van der Waals surface area contributed by atoms with E-state index in [-0.39, 0.29) is 41.7 Å². The molecule has 3 aliphatic rings. The van der Waals surface area contributed by atoms with E-state index < -0.39 is 17.5 Å². The minimum absolute atomic E-state index is 0.0322. The van der Waals surface area contributed by atoms with Crippen molar-refractivity contribution in [2.24, 2.45) is 11.8 Å². The number of amides is 4. The summed E-state index contributed by atoms with van der Waals surface area (Å²) in [6.07, 6.45) is 7.19. The zero-order valence-corrected chi connectivity index (χ0v) is 25.3. The summed E-state index contributed by atoms with van der Waals surface area (Å²) >= 11 is 0. The minimum Gasteiger partial charge on any atom is -0.493 e. The minimum atomic E-state index is -1.08. The molecule has 230 valence electrons. The van der Waals surface area contributed by atoms with Gasteiger partial charge in [0.15, 0.2) is 11.5 Å². The number of rotatable bonds is 5. The number of pyridine rings is 1. The van der Waals surface area contributed by atoms with Gasteiger partial charge >= 0.3 is 0 Å². The van der Waals surface area contributed by atoms with Crippen LogP contribution in [0, 0.1) is 11.8 Å². The Morgan fingerprint density at radius 2 is 1.81 bits per heavy atom. The number of aromatic nitrogens is 1. The molecule has 2 aromatic rings. The van der Waals surface area contributed by atoms with Gasteiger partial charge in [0, 0.05) is 49.1 Å². The molecule has 11 heteroatoms. The molecular formula is C32H41N5O6. The highest BCUT2D eigenvalue weighted by atomic mass is 16.5. The van der Waals surface area contributed by atoms with Crippen LogP contribution in [-0.2, 0) is 20.9 Å². The van der Waals surface area contributed by atoms with Crippen molar-refractivity contribution >= 4 is 23.6 Å². The van der Waals surface area contributed by atoms with E-state index in [4.69, 9.17) is 9.47 Å². The summed E-state index contributed by atoms with van der Waals surface area (Å²) in [6, 6.07) is 4.69. The van der Waals surface area contributed by atoms with E-state index in [0.29, 0.717) is 55.0 Å². The van der Waals surface area contributed by atoms with Crippen LogP contribution in [0.5, 0.6) is 11.5 Å². The third kappa shape index (κ3) is 6.60. The second-order valence-electron chi connectivity index (χ2n) is 12.2. The first-order chi connectivity index (χ1) is 20.6. The molecule has 1 aromatic carbocycles. The highest BCUT2D eigenvalue weighted by molar-refractivity contribution is 6.02. The van der Waals surface area contributed by atoms with Crippen molar-refractivity contribution < 1.29 is 28.7 Å². The number of carbonyl (C=O) groups excluding carboxylic acids is 4. The van der Waals surface area contributed by atoms with Crippen molar-refractivity contribution in [2.75, 3.05) is 27.3 Å². The number of hydrogen-bond donors (Lipinski definition) is 3. The van der Waals surface area contributed by atoms with E-state index >= 15 is 0 Å². The van der Waals surface area contributed by atoms with Gasteiger partial charge < -0.3 is 30.3 Å². The standard InChI is InChI=1S/C32H41N5O6/c1-19(2)12-25-29(39)34-10-11-37(30(40)21-6-5-7-21)18-20-13-24(27(43-4)26(14-20)42-3)22-15-23(17-33-16-22)28(38)36-32(8-9-32)31(41)35-25/h13-17,19,21,25H,5-12,18H2,1-4H3,(H,34,39)(H,35,41)(H,36,38)/t25-/m1/s1. The molecule has 1 atom stereocenters. The summed E-state index contributed by atoms with van der Waals surface area (Å²) in [7, 11) is 3.09. The second-order valence-corrected chi connectivity index (χ2v) is 12.2. The lowest BCUT2D eigenvalue weighted by molar-refractivity contribution is -0.139. The molecule has 4 amide bonds. The molecule has 0 unspecified atom stereocenters. The monoisotopic (exact) mass is 591 g/mol. The van der Waals surface area contributed by atoms with E-state index in [0.717, 1.165) is 24.8 Å². The molecule has 1 aromatic heterocycles. The topological polar surface area (TPSA) is 139 Å². The molecule has 1 spiro atoms. The van der Waals surface area contributed by atoms with Crippen LogP contribution in [0.4, 0.5) is 0 Å². The maximum Gasteiger partial charge on any atom is 0.253 e. The lowest BCUT2D eigenvalue weighted by Crippen LogP contribution is -2.56. The molecule has 0 saturated heterocycles. The van der Waals surface area contributed by atoms with Crippen LogP contribution in [0.25, 0.3) is 11.1 Å². The Morgan fingerprint density at radius 3 is 2.44 bits per heavy atom. The maximum absolute atomic E-state index is 13.5. The maximum atomic E-state index is 13.5. The Bertz CT molecular complexity index is 1400. The summed E-state index contributed by atoms with van der Waals surface area (Å²) < 4.78 is 11.4. The average Bonchev–Trinajstić information content (AvgIpc) is 3.74. The summed E-state index contributed by atoms with van der Waals surface area (Å²) in [6.45, 7) is 4.80. The fourth-order valence-corrected chi connectivity index (χ4v) is 5.70. The summed E-state index contributed by atoms with van der Waals surface area (Å²) in [4.78, 5) is 59.8. The quantitative estimate of drug-likeness (QED) is 0.486. The lowest BCUT2D eigenvalue weighted by Gasteiger charge is -2.32. The Labute approximate surface area is 252 Å². The van der Waals surface area contributed by atoms with E-state index in [9.17, 15) is 19.2 Å². The number of fused-ring (bicyclic) bond motifs is 5. The van der Waals surface area contributed by atoms with Gasteiger partial charge in [0.05, 0.1) is 19.8 Å². The van der Waals surface area contributed by atoms with Crippen molar-refractivity contribution in [1.82, 2.24) is 25.8 Å². The van der Waals surface area contributed by atoms with Crippen LogP contribution < -0.4 is 25.4 Å². The third-order valence-corrected chi connectivity index (χ3v) is 8.54. The predicted octanol–water partition coefficient (Wildman–Crippen LogP) is 2.82. The van der Waals surface area contributed by atoms with E-state index in [1.54, 1.807) is 31.4 Å². The number of benzene rings is 1. The Balaban J connectivity index is 1.56. The number of hydrogen-bond acceptors (Lipinski definition) is 7. The van der Waals surface area contributed by atoms with Gasteiger partial charge in [-0.05, 0) is 61.8 Å². The second kappa shape index (κ2) is 12.6.